The molecule has 0 spiro atoms. The second-order valence-electron chi connectivity index (χ2n) is 5.30. The van der Waals surface area contributed by atoms with E-state index in [4.69, 9.17) is 5.73 Å². The third kappa shape index (κ3) is 4.04. The molecule has 3 aromatic rings. The van der Waals surface area contributed by atoms with Gasteiger partial charge in [0.25, 0.3) is 0 Å². The molecule has 5 nitrogen and oxygen atoms in total. The maximum Gasteiger partial charge on any atom is 0.220 e. The summed E-state index contributed by atoms with van der Waals surface area (Å²) in [5.74, 6) is 0.0513. The molecule has 0 bridgehead atoms. The first-order chi connectivity index (χ1) is 11.2. The Balaban J connectivity index is 1.50. The molecule has 118 valence electrons. The fraction of sp³-hybridized carbons (Fsp3) is 0.235. The molecule has 0 saturated carbocycles. The van der Waals surface area contributed by atoms with Gasteiger partial charge in [0, 0.05) is 19.4 Å². The molecule has 0 aliphatic heterocycles. The second-order valence-corrected chi connectivity index (χ2v) is 6.40. The standard InChI is InChI=1S/C17H18N4OS/c18-17-21-20-16(23-17)10-4-9-15(22)19-11-13-7-3-6-12-5-1-2-8-14(12)13/h1-3,5-8H,4,9-11H2,(H2,18,21)(H,19,22). The van der Waals surface area contributed by atoms with Crippen LogP contribution >= 0.6 is 11.3 Å². The lowest BCUT2D eigenvalue weighted by Crippen LogP contribution is -2.22. The van der Waals surface area contributed by atoms with E-state index in [1.54, 1.807) is 0 Å². The molecule has 0 atom stereocenters. The molecule has 1 amide bonds. The van der Waals surface area contributed by atoms with Gasteiger partial charge in [-0.3, -0.25) is 4.79 Å². The van der Waals surface area contributed by atoms with Gasteiger partial charge >= 0.3 is 0 Å². The number of nitrogens with one attached hydrogen (secondary N) is 1. The van der Waals surface area contributed by atoms with Gasteiger partial charge in [-0.2, -0.15) is 0 Å². The van der Waals surface area contributed by atoms with Gasteiger partial charge in [-0.05, 0) is 22.8 Å². The lowest BCUT2D eigenvalue weighted by Gasteiger charge is -2.08. The molecule has 2 aromatic carbocycles. The van der Waals surface area contributed by atoms with Crippen LogP contribution in [0.5, 0.6) is 0 Å². The summed E-state index contributed by atoms with van der Waals surface area (Å²) in [5.41, 5.74) is 6.67. The highest BCUT2D eigenvalue weighted by molar-refractivity contribution is 7.15. The van der Waals surface area contributed by atoms with Crippen LogP contribution in [0.4, 0.5) is 5.13 Å². The number of amides is 1. The average Bonchev–Trinajstić information content (AvgIpc) is 2.98. The third-order valence-electron chi connectivity index (χ3n) is 3.63. The van der Waals surface area contributed by atoms with Gasteiger partial charge in [-0.25, -0.2) is 0 Å². The quantitative estimate of drug-likeness (QED) is 0.730. The molecular weight excluding hydrogens is 308 g/mol. The van der Waals surface area contributed by atoms with Crippen molar-refractivity contribution in [2.45, 2.75) is 25.8 Å². The SMILES string of the molecule is Nc1nnc(CCCC(=O)NCc2cccc3ccccc23)s1. The van der Waals surface area contributed by atoms with Crippen LogP contribution in [0.25, 0.3) is 10.8 Å². The van der Waals surface area contributed by atoms with Gasteiger partial charge in [0.1, 0.15) is 5.01 Å². The predicted molar refractivity (Wildman–Crippen MR) is 93.1 cm³/mol. The number of aromatic nitrogens is 2. The third-order valence-corrected chi connectivity index (χ3v) is 4.45. The molecule has 6 heteroatoms. The first kappa shape index (κ1) is 15.4. The van der Waals surface area contributed by atoms with Gasteiger partial charge in [0.2, 0.25) is 11.0 Å². The lowest BCUT2D eigenvalue weighted by atomic mass is 10.0. The molecular formula is C17H18N4OS. The van der Waals surface area contributed by atoms with E-state index in [1.807, 2.05) is 24.3 Å². The van der Waals surface area contributed by atoms with Crippen molar-refractivity contribution in [3.8, 4) is 0 Å². The fourth-order valence-electron chi connectivity index (χ4n) is 2.50. The molecule has 23 heavy (non-hydrogen) atoms. The van der Waals surface area contributed by atoms with Crippen LogP contribution in [0.3, 0.4) is 0 Å². The summed E-state index contributed by atoms with van der Waals surface area (Å²) in [4.78, 5) is 12.0. The zero-order valence-electron chi connectivity index (χ0n) is 12.7. The van der Waals surface area contributed by atoms with E-state index in [9.17, 15) is 4.79 Å². The molecule has 1 heterocycles. The first-order valence-electron chi connectivity index (χ1n) is 7.53. The van der Waals surface area contributed by atoms with Crippen LogP contribution < -0.4 is 11.1 Å². The number of hydrogen-bond acceptors (Lipinski definition) is 5. The van der Waals surface area contributed by atoms with E-state index >= 15 is 0 Å². The molecule has 3 N–H and O–H groups in total. The Morgan fingerprint density at radius 2 is 1.96 bits per heavy atom. The molecule has 0 fully saturated rings. The minimum Gasteiger partial charge on any atom is -0.374 e. The van der Waals surface area contributed by atoms with E-state index in [2.05, 4.69) is 33.7 Å². The Kier molecular flexibility index (Phi) is 4.83. The number of benzene rings is 2. The number of nitrogens with zero attached hydrogens (tertiary/aromatic N) is 2. The summed E-state index contributed by atoms with van der Waals surface area (Å²) in [7, 11) is 0. The van der Waals surface area contributed by atoms with E-state index in [1.165, 1.54) is 22.1 Å². The normalized spacial score (nSPS) is 10.8. The smallest absolute Gasteiger partial charge is 0.220 e. The first-order valence-corrected chi connectivity index (χ1v) is 8.35. The molecule has 1 aromatic heterocycles. The van der Waals surface area contributed by atoms with Crippen LogP contribution in [-0.4, -0.2) is 16.1 Å². The van der Waals surface area contributed by atoms with Crippen LogP contribution in [0.2, 0.25) is 0 Å². The second kappa shape index (κ2) is 7.19. The molecule has 0 aliphatic rings. The summed E-state index contributed by atoms with van der Waals surface area (Å²) in [6, 6.07) is 14.3. The maximum atomic E-state index is 12.0. The molecule has 0 aliphatic carbocycles. The van der Waals surface area contributed by atoms with Gasteiger partial charge in [0.05, 0.1) is 0 Å². The molecule has 0 saturated heterocycles. The zero-order valence-corrected chi connectivity index (χ0v) is 13.5. The topological polar surface area (TPSA) is 80.9 Å². The summed E-state index contributed by atoms with van der Waals surface area (Å²) >= 11 is 1.37. The number of nitrogens with two attached hydrogens (primary N) is 1. The number of anilines is 1. The van der Waals surface area contributed by atoms with Gasteiger partial charge in [0.15, 0.2) is 0 Å². The van der Waals surface area contributed by atoms with Crippen molar-refractivity contribution in [1.82, 2.24) is 15.5 Å². The number of carbonyl (C=O) groups excluding carboxylic acids is 1. The van der Waals surface area contributed by atoms with Gasteiger partial charge in [-0.1, -0.05) is 53.8 Å². The molecule has 3 rings (SSSR count). The highest BCUT2D eigenvalue weighted by Gasteiger charge is 2.06. The zero-order chi connectivity index (χ0) is 16.1. The van der Waals surface area contributed by atoms with Gasteiger partial charge in [-0.15, -0.1) is 10.2 Å². The van der Waals surface area contributed by atoms with Crippen molar-refractivity contribution >= 4 is 33.1 Å². The van der Waals surface area contributed by atoms with Gasteiger partial charge < -0.3 is 11.1 Å². The van der Waals surface area contributed by atoms with Crippen molar-refractivity contribution in [2.75, 3.05) is 5.73 Å². The van der Waals surface area contributed by atoms with Crippen molar-refractivity contribution in [1.29, 1.82) is 0 Å². The number of nitrogen functional groups attached to an aromatic ring is 1. The number of hydrogen-bond donors (Lipinski definition) is 2. The van der Waals surface area contributed by atoms with Crippen LogP contribution in [0, 0.1) is 0 Å². The maximum absolute atomic E-state index is 12.0. The van der Waals surface area contributed by atoms with E-state index in [0.29, 0.717) is 18.1 Å². The van der Waals surface area contributed by atoms with E-state index < -0.39 is 0 Å². The number of carbonyl (C=O) groups is 1. The molecule has 0 radical (unpaired) electrons. The van der Waals surface area contributed by atoms with E-state index in [0.717, 1.165) is 23.4 Å². The Labute approximate surface area is 138 Å². The summed E-state index contributed by atoms with van der Waals surface area (Å²) < 4.78 is 0. The Hall–Kier alpha value is -2.47. The minimum atomic E-state index is 0.0513. The van der Waals surface area contributed by atoms with Crippen molar-refractivity contribution in [3.63, 3.8) is 0 Å². The number of fused-ring (bicyclic) bond motifs is 1. The number of aryl methyl sites for hydroxylation is 1. The Morgan fingerprint density at radius 1 is 1.13 bits per heavy atom. The van der Waals surface area contributed by atoms with Crippen molar-refractivity contribution < 1.29 is 4.79 Å². The summed E-state index contributed by atoms with van der Waals surface area (Å²) in [6.45, 7) is 0.548. The fourth-order valence-corrected chi connectivity index (χ4v) is 3.15. The predicted octanol–water partition coefficient (Wildman–Crippen LogP) is 2.91. The van der Waals surface area contributed by atoms with E-state index in [-0.39, 0.29) is 5.91 Å². The largest absolute Gasteiger partial charge is 0.374 e. The van der Waals surface area contributed by atoms with Crippen molar-refractivity contribution in [3.05, 3.63) is 53.0 Å². The van der Waals surface area contributed by atoms with Crippen molar-refractivity contribution in [2.24, 2.45) is 0 Å². The van der Waals surface area contributed by atoms with Crippen LogP contribution in [-0.2, 0) is 17.8 Å². The lowest BCUT2D eigenvalue weighted by molar-refractivity contribution is -0.121. The highest BCUT2D eigenvalue weighted by atomic mass is 32.1. The number of rotatable bonds is 6. The summed E-state index contributed by atoms with van der Waals surface area (Å²) in [5, 5.41) is 14.4. The van der Waals surface area contributed by atoms with Crippen LogP contribution in [0.15, 0.2) is 42.5 Å². The summed E-state index contributed by atoms with van der Waals surface area (Å²) in [6.07, 6.45) is 1.96. The highest BCUT2D eigenvalue weighted by Crippen LogP contribution is 2.18. The Morgan fingerprint density at radius 3 is 2.78 bits per heavy atom. The molecule has 0 unspecified atom stereocenters. The average molecular weight is 326 g/mol. The minimum absolute atomic E-state index is 0.0513. The van der Waals surface area contributed by atoms with Crippen LogP contribution in [0.1, 0.15) is 23.4 Å². The Bertz CT molecular complexity index is 810. The monoisotopic (exact) mass is 326 g/mol.